The van der Waals surface area contributed by atoms with Gasteiger partial charge in [0, 0.05) is 5.92 Å². The van der Waals surface area contributed by atoms with Crippen molar-refractivity contribution in [2.24, 2.45) is 17.8 Å². The van der Waals surface area contributed by atoms with Crippen molar-refractivity contribution >= 4 is 23.2 Å². The standard InChI is InChI=1S/C25H36ClN5O/c26-23-17-22(18-27-24(23)31-28-14-15-29-31)30-25(32)21-13-9-5-8-12-20(16-21)19-10-6-3-1-2-4-7-11-19/h14-15,17-21H,1-13,16H2,(H,30,32). The van der Waals surface area contributed by atoms with Crippen molar-refractivity contribution in [2.45, 2.75) is 89.9 Å². The number of pyridine rings is 1. The highest BCUT2D eigenvalue weighted by molar-refractivity contribution is 6.32. The molecule has 0 aromatic carbocycles. The first-order valence-electron chi connectivity index (χ1n) is 12.5. The van der Waals surface area contributed by atoms with Crippen LogP contribution in [0.3, 0.4) is 0 Å². The summed E-state index contributed by atoms with van der Waals surface area (Å²) in [5, 5.41) is 11.7. The summed E-state index contributed by atoms with van der Waals surface area (Å²) in [6.45, 7) is 0. The Morgan fingerprint density at radius 2 is 1.47 bits per heavy atom. The summed E-state index contributed by atoms with van der Waals surface area (Å²) in [6.07, 6.45) is 22.8. The number of hydrogen-bond donors (Lipinski definition) is 1. The van der Waals surface area contributed by atoms with Crippen LogP contribution in [0, 0.1) is 17.8 Å². The molecule has 0 bridgehead atoms. The summed E-state index contributed by atoms with van der Waals surface area (Å²) in [5.41, 5.74) is 0.636. The molecular weight excluding hydrogens is 422 g/mol. The molecule has 0 spiro atoms. The summed E-state index contributed by atoms with van der Waals surface area (Å²) in [4.78, 5) is 19.0. The summed E-state index contributed by atoms with van der Waals surface area (Å²) in [6, 6.07) is 1.74. The van der Waals surface area contributed by atoms with E-state index in [0.717, 1.165) is 25.2 Å². The molecule has 32 heavy (non-hydrogen) atoms. The molecule has 0 aliphatic heterocycles. The Morgan fingerprint density at radius 1 is 0.875 bits per heavy atom. The molecule has 6 nitrogen and oxygen atoms in total. The second-order valence-corrected chi connectivity index (χ2v) is 10.0. The van der Waals surface area contributed by atoms with Gasteiger partial charge in [-0.2, -0.15) is 10.2 Å². The quantitative estimate of drug-likeness (QED) is 0.561. The van der Waals surface area contributed by atoms with E-state index in [1.165, 1.54) is 75.4 Å². The lowest BCUT2D eigenvalue weighted by Gasteiger charge is -2.32. The van der Waals surface area contributed by atoms with Crippen LogP contribution in [0.15, 0.2) is 24.7 Å². The van der Waals surface area contributed by atoms with E-state index in [4.69, 9.17) is 11.6 Å². The van der Waals surface area contributed by atoms with E-state index in [1.54, 1.807) is 24.7 Å². The number of hydrogen-bond acceptors (Lipinski definition) is 4. The van der Waals surface area contributed by atoms with Crippen molar-refractivity contribution in [3.05, 3.63) is 29.7 Å². The predicted octanol–water partition coefficient (Wildman–Crippen LogP) is 6.59. The summed E-state index contributed by atoms with van der Waals surface area (Å²) in [7, 11) is 0. The number of carbonyl (C=O) groups is 1. The first-order chi connectivity index (χ1) is 15.7. The maximum absolute atomic E-state index is 13.3. The normalized spacial score (nSPS) is 23.9. The molecule has 0 saturated heterocycles. The van der Waals surface area contributed by atoms with Crippen LogP contribution in [0.1, 0.15) is 89.9 Å². The van der Waals surface area contributed by atoms with E-state index in [2.05, 4.69) is 20.5 Å². The molecule has 2 aliphatic rings. The number of carbonyl (C=O) groups excluding carboxylic acids is 1. The second-order valence-electron chi connectivity index (χ2n) is 9.63. The molecule has 0 radical (unpaired) electrons. The van der Waals surface area contributed by atoms with Gasteiger partial charge in [-0.25, -0.2) is 4.98 Å². The first-order valence-corrected chi connectivity index (χ1v) is 12.9. The fourth-order valence-electron chi connectivity index (χ4n) is 5.59. The number of halogens is 1. The lowest BCUT2D eigenvalue weighted by Crippen LogP contribution is -2.29. The molecule has 2 aliphatic carbocycles. The minimum atomic E-state index is 0.0687. The first kappa shape index (κ1) is 23.2. The van der Waals surface area contributed by atoms with Crippen LogP contribution in [-0.4, -0.2) is 25.9 Å². The maximum Gasteiger partial charge on any atom is 0.227 e. The van der Waals surface area contributed by atoms with Gasteiger partial charge < -0.3 is 5.32 Å². The van der Waals surface area contributed by atoms with Gasteiger partial charge in [0.2, 0.25) is 5.91 Å². The van der Waals surface area contributed by atoms with Gasteiger partial charge >= 0.3 is 0 Å². The van der Waals surface area contributed by atoms with Crippen molar-refractivity contribution in [1.29, 1.82) is 0 Å². The monoisotopic (exact) mass is 457 g/mol. The van der Waals surface area contributed by atoms with Crippen molar-refractivity contribution in [1.82, 2.24) is 20.0 Å². The van der Waals surface area contributed by atoms with Crippen LogP contribution in [0.25, 0.3) is 5.82 Å². The van der Waals surface area contributed by atoms with Crippen LogP contribution in [-0.2, 0) is 4.79 Å². The summed E-state index contributed by atoms with van der Waals surface area (Å²) in [5.74, 6) is 2.11. The summed E-state index contributed by atoms with van der Waals surface area (Å²) < 4.78 is 0. The molecule has 1 amide bonds. The molecule has 2 unspecified atom stereocenters. The Bertz CT molecular complexity index is 846. The molecule has 2 atom stereocenters. The third-order valence-corrected chi connectivity index (χ3v) is 7.63. The van der Waals surface area contributed by atoms with Crippen molar-refractivity contribution < 1.29 is 4.79 Å². The average Bonchev–Trinajstić information content (AvgIpc) is 3.32. The molecule has 2 heterocycles. The number of anilines is 1. The third-order valence-electron chi connectivity index (χ3n) is 7.35. The molecule has 2 fully saturated rings. The van der Waals surface area contributed by atoms with Crippen LogP contribution < -0.4 is 5.32 Å². The number of amides is 1. The minimum absolute atomic E-state index is 0.0687. The van der Waals surface area contributed by atoms with Gasteiger partial charge in [0.05, 0.1) is 29.3 Å². The molecule has 4 rings (SSSR count). The van der Waals surface area contributed by atoms with Crippen LogP contribution in [0.5, 0.6) is 0 Å². The van der Waals surface area contributed by atoms with Gasteiger partial charge in [-0.3, -0.25) is 4.79 Å². The highest BCUT2D eigenvalue weighted by Gasteiger charge is 2.29. The van der Waals surface area contributed by atoms with Crippen LogP contribution in [0.2, 0.25) is 5.02 Å². The number of nitrogens with one attached hydrogen (secondary N) is 1. The molecule has 2 aromatic rings. The Kier molecular flexibility index (Phi) is 8.55. The molecular formula is C25H36ClN5O. The Morgan fingerprint density at radius 3 is 2.16 bits per heavy atom. The fourth-order valence-corrected chi connectivity index (χ4v) is 5.83. The number of aromatic nitrogens is 4. The van der Waals surface area contributed by atoms with E-state index in [1.807, 2.05) is 0 Å². The predicted molar refractivity (Wildman–Crippen MR) is 128 cm³/mol. The third kappa shape index (κ3) is 6.31. The van der Waals surface area contributed by atoms with Crippen molar-refractivity contribution in [2.75, 3.05) is 5.32 Å². The fraction of sp³-hybridized carbons (Fsp3) is 0.680. The summed E-state index contributed by atoms with van der Waals surface area (Å²) >= 11 is 6.39. The average molecular weight is 458 g/mol. The van der Waals surface area contributed by atoms with Crippen LogP contribution in [0.4, 0.5) is 5.69 Å². The topological polar surface area (TPSA) is 72.7 Å². The van der Waals surface area contributed by atoms with E-state index in [0.29, 0.717) is 22.4 Å². The zero-order valence-corrected chi connectivity index (χ0v) is 19.8. The van der Waals surface area contributed by atoms with Gasteiger partial charge in [-0.05, 0) is 30.7 Å². The van der Waals surface area contributed by atoms with E-state index >= 15 is 0 Å². The Hall–Kier alpha value is -1.95. The highest BCUT2D eigenvalue weighted by Crippen LogP contribution is 2.38. The highest BCUT2D eigenvalue weighted by atomic mass is 35.5. The smallest absolute Gasteiger partial charge is 0.227 e. The maximum atomic E-state index is 13.3. The van der Waals surface area contributed by atoms with Crippen molar-refractivity contribution in [3.8, 4) is 5.82 Å². The molecule has 2 aromatic heterocycles. The van der Waals surface area contributed by atoms with E-state index < -0.39 is 0 Å². The van der Waals surface area contributed by atoms with Gasteiger partial charge in [0.15, 0.2) is 5.82 Å². The second kappa shape index (κ2) is 11.8. The SMILES string of the molecule is O=C(Nc1cnc(-n2nccn2)c(Cl)c1)C1CCCCCC(C2CCCCCCCC2)C1. The molecule has 7 heteroatoms. The van der Waals surface area contributed by atoms with E-state index in [-0.39, 0.29) is 11.8 Å². The molecule has 174 valence electrons. The van der Waals surface area contributed by atoms with Gasteiger partial charge in [-0.1, -0.05) is 88.7 Å². The van der Waals surface area contributed by atoms with Gasteiger partial charge in [0.1, 0.15) is 0 Å². The zero-order valence-electron chi connectivity index (χ0n) is 19.0. The van der Waals surface area contributed by atoms with Gasteiger partial charge in [0.25, 0.3) is 0 Å². The van der Waals surface area contributed by atoms with Gasteiger partial charge in [-0.15, -0.1) is 4.80 Å². The number of nitrogens with zero attached hydrogens (tertiary/aromatic N) is 4. The number of rotatable bonds is 4. The molecule has 1 N–H and O–H groups in total. The molecule has 2 saturated carbocycles. The van der Waals surface area contributed by atoms with Crippen LogP contribution >= 0.6 is 11.6 Å². The van der Waals surface area contributed by atoms with Crippen molar-refractivity contribution in [3.63, 3.8) is 0 Å². The lowest BCUT2D eigenvalue weighted by molar-refractivity contribution is -0.121. The minimum Gasteiger partial charge on any atom is -0.324 e. The lowest BCUT2D eigenvalue weighted by atomic mass is 9.74. The largest absolute Gasteiger partial charge is 0.324 e. The Labute approximate surface area is 196 Å². The Balaban J connectivity index is 1.41. The zero-order chi connectivity index (χ0) is 22.2. The van der Waals surface area contributed by atoms with E-state index in [9.17, 15) is 4.79 Å².